The van der Waals surface area contributed by atoms with E-state index in [2.05, 4.69) is 35.7 Å². The number of carbonyl (C=O) groups is 1. The summed E-state index contributed by atoms with van der Waals surface area (Å²) in [5.41, 5.74) is 1.26. The van der Waals surface area contributed by atoms with Crippen LogP contribution in [0, 0.1) is 6.92 Å². The maximum absolute atomic E-state index is 14.9. The Hall–Kier alpha value is -3.46. The van der Waals surface area contributed by atoms with Gasteiger partial charge in [-0.2, -0.15) is 10.2 Å². The van der Waals surface area contributed by atoms with Gasteiger partial charge in [-0.25, -0.2) is 18.7 Å². The molecule has 3 N–H and O–H groups in total. The fraction of sp³-hybridized carbons (Fsp3) is 0.500. The van der Waals surface area contributed by atoms with Crippen LogP contribution >= 0.6 is 0 Å². The molecule has 0 unspecified atom stereocenters. The van der Waals surface area contributed by atoms with Crippen molar-refractivity contribution in [3.05, 3.63) is 35.4 Å². The van der Waals surface area contributed by atoms with E-state index >= 15 is 0 Å². The predicted molar refractivity (Wildman–Crippen MR) is 113 cm³/mol. The Kier molecular flexibility index (Phi) is 6.80. The van der Waals surface area contributed by atoms with Crippen molar-refractivity contribution in [3.63, 3.8) is 0 Å². The molecule has 3 aromatic heterocycles. The molecule has 190 valence electrons. The van der Waals surface area contributed by atoms with Gasteiger partial charge < -0.3 is 20.1 Å². The second-order valence-electron chi connectivity index (χ2n) is 8.21. The van der Waals surface area contributed by atoms with Crippen molar-refractivity contribution in [1.82, 2.24) is 30.1 Å². The van der Waals surface area contributed by atoms with Gasteiger partial charge in [-0.3, -0.25) is 9.84 Å². The summed E-state index contributed by atoms with van der Waals surface area (Å²) in [7, 11) is 0. The van der Waals surface area contributed by atoms with Gasteiger partial charge in [0.05, 0.1) is 29.9 Å². The van der Waals surface area contributed by atoms with Crippen LogP contribution in [-0.2, 0) is 20.8 Å². The van der Waals surface area contributed by atoms with Gasteiger partial charge in [-0.05, 0) is 26.8 Å². The largest absolute Gasteiger partial charge is 0.522 e. The molecule has 4 heterocycles. The summed E-state index contributed by atoms with van der Waals surface area (Å²) in [4.78, 5) is 16.1. The van der Waals surface area contributed by atoms with Crippen LogP contribution in [-0.4, -0.2) is 62.2 Å². The summed E-state index contributed by atoms with van der Waals surface area (Å²) in [6.07, 6.45) is -7.73. The predicted octanol–water partition coefficient (Wildman–Crippen LogP) is 3.45. The molecule has 0 saturated carbocycles. The first-order valence-corrected chi connectivity index (χ1v) is 10.6. The Morgan fingerprint density at radius 3 is 2.86 bits per heavy atom. The molecule has 1 amide bonds. The first kappa shape index (κ1) is 24.7. The van der Waals surface area contributed by atoms with Crippen molar-refractivity contribution >= 4 is 23.2 Å². The fourth-order valence-corrected chi connectivity index (χ4v) is 3.49. The number of alkyl carbamates (subject to hydrolysis) is 1. The molecule has 0 spiro atoms. The first-order valence-electron chi connectivity index (χ1n) is 10.6. The van der Waals surface area contributed by atoms with Crippen molar-refractivity contribution in [2.24, 2.45) is 0 Å². The summed E-state index contributed by atoms with van der Waals surface area (Å²) in [5, 5.41) is 16.3. The van der Waals surface area contributed by atoms with Gasteiger partial charge in [-0.15, -0.1) is 13.2 Å². The molecule has 11 nitrogen and oxygen atoms in total. The number of hydrogen-bond acceptors (Lipinski definition) is 8. The number of amides is 1. The maximum atomic E-state index is 14.9. The van der Waals surface area contributed by atoms with Gasteiger partial charge in [0.2, 0.25) is 0 Å². The molecule has 1 saturated heterocycles. The lowest BCUT2D eigenvalue weighted by atomic mass is 10.1. The topological polar surface area (TPSA) is 128 Å². The third-order valence-corrected chi connectivity index (χ3v) is 4.91. The highest BCUT2D eigenvalue weighted by Crippen LogP contribution is 2.34. The van der Waals surface area contributed by atoms with Crippen LogP contribution in [0.4, 0.5) is 34.0 Å². The number of aromatic amines is 1. The molecule has 0 bridgehead atoms. The van der Waals surface area contributed by atoms with E-state index < -0.39 is 37.4 Å². The zero-order valence-electron chi connectivity index (χ0n) is 18.9. The second kappa shape index (κ2) is 9.65. The first-order chi connectivity index (χ1) is 16.5. The van der Waals surface area contributed by atoms with E-state index in [0.29, 0.717) is 16.9 Å². The molecule has 35 heavy (non-hydrogen) atoms. The van der Waals surface area contributed by atoms with Crippen molar-refractivity contribution in [2.45, 2.75) is 58.2 Å². The number of nitrogens with zero attached hydrogens (tertiary/aromatic N) is 4. The normalized spacial score (nSPS) is 20.5. The number of rotatable bonds is 7. The number of fused-ring (bicyclic) bond motifs is 1. The van der Waals surface area contributed by atoms with Crippen LogP contribution in [0.1, 0.15) is 37.0 Å². The van der Waals surface area contributed by atoms with E-state index in [1.807, 2.05) is 0 Å². The molecule has 1 fully saturated rings. The van der Waals surface area contributed by atoms with Crippen LogP contribution in [0.25, 0.3) is 5.52 Å². The van der Waals surface area contributed by atoms with Crippen LogP contribution in [0.5, 0.6) is 0 Å². The number of aryl methyl sites for hydroxylation is 1. The summed E-state index contributed by atoms with van der Waals surface area (Å²) in [5.74, 6) is 0.525. The second-order valence-corrected chi connectivity index (χ2v) is 8.21. The van der Waals surface area contributed by atoms with Gasteiger partial charge >= 0.3 is 12.5 Å². The van der Waals surface area contributed by atoms with Gasteiger partial charge in [0, 0.05) is 12.1 Å². The van der Waals surface area contributed by atoms with Crippen molar-refractivity contribution in [2.75, 3.05) is 11.9 Å². The lowest BCUT2D eigenvalue weighted by Crippen LogP contribution is -2.36. The lowest BCUT2D eigenvalue weighted by Gasteiger charge is -2.16. The van der Waals surface area contributed by atoms with Crippen LogP contribution in [0.15, 0.2) is 18.3 Å². The number of halogens is 4. The van der Waals surface area contributed by atoms with Crippen molar-refractivity contribution < 1.29 is 36.6 Å². The minimum atomic E-state index is -4.78. The van der Waals surface area contributed by atoms with Crippen molar-refractivity contribution in [3.8, 4) is 0 Å². The molecular formula is C20H23F4N7O4. The number of aromatic nitrogens is 5. The van der Waals surface area contributed by atoms with Crippen LogP contribution in [0.3, 0.4) is 0 Å². The average Bonchev–Trinajstić information content (AvgIpc) is 3.45. The summed E-state index contributed by atoms with van der Waals surface area (Å²) in [6.45, 7) is 4.30. The summed E-state index contributed by atoms with van der Waals surface area (Å²) < 4.78 is 67.7. The van der Waals surface area contributed by atoms with Gasteiger partial charge in [0.25, 0.3) is 0 Å². The lowest BCUT2D eigenvalue weighted by molar-refractivity contribution is -0.330. The summed E-state index contributed by atoms with van der Waals surface area (Å²) >= 11 is 0. The molecular weight excluding hydrogens is 478 g/mol. The van der Waals surface area contributed by atoms with Crippen molar-refractivity contribution in [1.29, 1.82) is 0 Å². The molecule has 4 rings (SSSR count). The highest BCUT2D eigenvalue weighted by molar-refractivity contribution is 5.72. The molecule has 3 aromatic rings. The zero-order chi connectivity index (χ0) is 25.3. The summed E-state index contributed by atoms with van der Waals surface area (Å²) in [6, 6.07) is 2.74. The van der Waals surface area contributed by atoms with E-state index in [-0.39, 0.29) is 30.0 Å². The monoisotopic (exact) mass is 501 g/mol. The molecule has 0 aliphatic carbocycles. The number of H-pyrrole nitrogens is 1. The minimum Gasteiger partial charge on any atom is -0.441 e. The third kappa shape index (κ3) is 5.97. The van der Waals surface area contributed by atoms with Gasteiger partial charge in [0.1, 0.15) is 18.2 Å². The average molecular weight is 501 g/mol. The zero-order valence-corrected chi connectivity index (χ0v) is 18.9. The Morgan fingerprint density at radius 1 is 1.37 bits per heavy atom. The Morgan fingerprint density at radius 2 is 2.14 bits per heavy atom. The Bertz CT molecular complexity index is 1200. The minimum absolute atomic E-state index is 0.0488. The number of hydrogen-bond donors (Lipinski definition) is 3. The fourth-order valence-electron chi connectivity index (χ4n) is 3.49. The van der Waals surface area contributed by atoms with Gasteiger partial charge in [0.15, 0.2) is 23.9 Å². The number of anilines is 2. The van der Waals surface area contributed by atoms with Crippen LogP contribution in [0.2, 0.25) is 0 Å². The van der Waals surface area contributed by atoms with Crippen LogP contribution < -0.4 is 10.6 Å². The van der Waals surface area contributed by atoms with E-state index in [9.17, 15) is 22.4 Å². The highest BCUT2D eigenvalue weighted by atomic mass is 19.4. The number of alkyl halides is 4. The molecule has 1 aliphatic heterocycles. The molecule has 0 aromatic carbocycles. The standard InChI is InChI=1S/C20H23F4N7O4/c1-9(2)25-19(32)35-14-8-33-17(16(14)21)12-5-15(29-28-12)27-18-13-4-11(7-34-20(22,23)24)30-31(13)6-10(3)26-18/h4-6,9,14,16-17H,7-8H2,1-3H3,(H,25,32)(H2,26,27,28,29)/t14-,16+,17-/m1/s1. The van der Waals surface area contributed by atoms with E-state index in [4.69, 9.17) is 9.47 Å². The molecule has 0 radical (unpaired) electrons. The maximum Gasteiger partial charge on any atom is 0.522 e. The number of carbonyl (C=O) groups excluding carboxylic acids is 1. The smallest absolute Gasteiger partial charge is 0.441 e. The van der Waals surface area contributed by atoms with Gasteiger partial charge in [-0.1, -0.05) is 0 Å². The Labute approximate surface area is 196 Å². The Balaban J connectivity index is 1.46. The van der Waals surface area contributed by atoms with E-state index in [1.54, 1.807) is 27.0 Å². The highest BCUT2D eigenvalue weighted by Gasteiger charge is 2.42. The molecule has 15 heteroatoms. The quantitative estimate of drug-likeness (QED) is 0.420. The molecule has 1 aliphatic rings. The van der Waals surface area contributed by atoms with E-state index in [1.165, 1.54) is 16.6 Å². The van der Waals surface area contributed by atoms with E-state index in [0.717, 1.165) is 0 Å². The SMILES string of the molecule is Cc1cn2nc(COC(F)(F)F)cc2c(Nc2cc([C@H]3OC[C@@H](OC(=O)NC(C)C)[C@@H]3F)[nH]n2)n1. The number of ether oxygens (including phenoxy) is 3. The molecule has 3 atom stereocenters. The third-order valence-electron chi connectivity index (χ3n) is 4.91. The number of nitrogens with one attached hydrogen (secondary N) is 3.